The van der Waals surface area contributed by atoms with Gasteiger partial charge in [0.1, 0.15) is 0 Å². The molecule has 0 unspecified atom stereocenters. The smallest absolute Gasteiger partial charge is 0.00903 e. The molecule has 0 aromatic rings. The molecule has 0 saturated heterocycles. The number of nitrogens with one attached hydrogen (secondary N) is 1. The van der Waals surface area contributed by atoms with Crippen molar-refractivity contribution in [2.75, 3.05) is 14.1 Å². The molecule has 0 amide bonds. The Morgan fingerprint density at radius 1 is 0.750 bits per heavy atom. The SMILES string of the molecule is CN(C)C1CCC(NC2CCCCC2)CC1. The van der Waals surface area contributed by atoms with E-state index in [0.717, 1.165) is 18.1 Å². The van der Waals surface area contributed by atoms with Crippen LogP contribution >= 0.6 is 0 Å². The van der Waals surface area contributed by atoms with Crippen LogP contribution < -0.4 is 5.32 Å². The molecule has 94 valence electrons. The van der Waals surface area contributed by atoms with Crippen LogP contribution in [0.1, 0.15) is 57.8 Å². The van der Waals surface area contributed by atoms with Gasteiger partial charge in [0.05, 0.1) is 0 Å². The van der Waals surface area contributed by atoms with Gasteiger partial charge in [0.2, 0.25) is 0 Å². The van der Waals surface area contributed by atoms with Gasteiger partial charge in [-0.1, -0.05) is 19.3 Å². The van der Waals surface area contributed by atoms with E-state index in [4.69, 9.17) is 0 Å². The molecule has 0 spiro atoms. The van der Waals surface area contributed by atoms with Crippen molar-refractivity contribution in [2.24, 2.45) is 0 Å². The lowest BCUT2D eigenvalue weighted by Crippen LogP contribution is -2.44. The van der Waals surface area contributed by atoms with Gasteiger partial charge in [-0.05, 0) is 52.6 Å². The highest BCUT2D eigenvalue weighted by molar-refractivity contribution is 4.84. The maximum Gasteiger partial charge on any atom is 0.00903 e. The first-order valence-corrected chi connectivity index (χ1v) is 7.18. The van der Waals surface area contributed by atoms with Gasteiger partial charge in [-0.2, -0.15) is 0 Å². The Morgan fingerprint density at radius 2 is 1.31 bits per heavy atom. The van der Waals surface area contributed by atoms with Crippen molar-refractivity contribution in [3.8, 4) is 0 Å². The first kappa shape index (κ1) is 12.4. The van der Waals surface area contributed by atoms with E-state index in [0.29, 0.717) is 0 Å². The molecule has 2 rings (SSSR count). The van der Waals surface area contributed by atoms with E-state index in [1.807, 2.05) is 0 Å². The molecular weight excluding hydrogens is 196 g/mol. The van der Waals surface area contributed by atoms with Crippen LogP contribution in [0.5, 0.6) is 0 Å². The number of nitrogens with zero attached hydrogens (tertiary/aromatic N) is 1. The van der Waals surface area contributed by atoms with Gasteiger partial charge in [0, 0.05) is 18.1 Å². The fourth-order valence-electron chi connectivity index (χ4n) is 3.36. The Morgan fingerprint density at radius 3 is 1.88 bits per heavy atom. The van der Waals surface area contributed by atoms with Crippen LogP contribution in [0.3, 0.4) is 0 Å². The summed E-state index contributed by atoms with van der Waals surface area (Å²) in [5.74, 6) is 0. The van der Waals surface area contributed by atoms with Crippen molar-refractivity contribution in [3.63, 3.8) is 0 Å². The van der Waals surface area contributed by atoms with Gasteiger partial charge in [-0.25, -0.2) is 0 Å². The first-order valence-electron chi connectivity index (χ1n) is 7.18. The third kappa shape index (κ3) is 3.46. The second-order valence-electron chi connectivity index (χ2n) is 5.97. The molecule has 0 heterocycles. The van der Waals surface area contributed by atoms with Gasteiger partial charge in [0.25, 0.3) is 0 Å². The zero-order valence-corrected chi connectivity index (χ0v) is 11.0. The van der Waals surface area contributed by atoms with Crippen LogP contribution in [0.2, 0.25) is 0 Å². The Bertz CT molecular complexity index is 189. The summed E-state index contributed by atoms with van der Waals surface area (Å²) in [6, 6.07) is 2.50. The summed E-state index contributed by atoms with van der Waals surface area (Å²) in [7, 11) is 4.44. The molecule has 0 radical (unpaired) electrons. The second kappa shape index (κ2) is 6.02. The van der Waals surface area contributed by atoms with Crippen LogP contribution in [0.25, 0.3) is 0 Å². The topological polar surface area (TPSA) is 15.3 Å². The molecule has 2 aliphatic rings. The highest BCUT2D eigenvalue weighted by Gasteiger charge is 2.24. The van der Waals surface area contributed by atoms with E-state index in [1.54, 1.807) is 0 Å². The van der Waals surface area contributed by atoms with E-state index in [9.17, 15) is 0 Å². The molecule has 2 saturated carbocycles. The fraction of sp³-hybridized carbons (Fsp3) is 1.00. The largest absolute Gasteiger partial charge is 0.311 e. The molecular formula is C14H28N2. The lowest BCUT2D eigenvalue weighted by atomic mass is 9.88. The highest BCUT2D eigenvalue weighted by Crippen LogP contribution is 2.24. The standard InChI is InChI=1S/C14H28N2/c1-16(2)14-10-8-13(9-11-14)15-12-6-4-3-5-7-12/h12-15H,3-11H2,1-2H3. The lowest BCUT2D eigenvalue weighted by Gasteiger charge is -2.35. The Kier molecular flexibility index (Phi) is 4.66. The van der Waals surface area contributed by atoms with E-state index in [-0.39, 0.29) is 0 Å². The number of rotatable bonds is 3. The summed E-state index contributed by atoms with van der Waals surface area (Å²) in [5.41, 5.74) is 0. The van der Waals surface area contributed by atoms with Gasteiger partial charge >= 0.3 is 0 Å². The van der Waals surface area contributed by atoms with Crippen LogP contribution in [-0.4, -0.2) is 37.1 Å². The van der Waals surface area contributed by atoms with Crippen molar-refractivity contribution in [1.82, 2.24) is 10.2 Å². The average Bonchev–Trinajstić information content (AvgIpc) is 2.31. The van der Waals surface area contributed by atoms with E-state index >= 15 is 0 Å². The maximum atomic E-state index is 3.90. The third-order valence-electron chi connectivity index (χ3n) is 4.50. The molecule has 2 nitrogen and oxygen atoms in total. The summed E-state index contributed by atoms with van der Waals surface area (Å²) in [4.78, 5) is 2.40. The molecule has 0 aromatic heterocycles. The van der Waals surface area contributed by atoms with Crippen molar-refractivity contribution in [2.45, 2.75) is 75.9 Å². The zero-order valence-electron chi connectivity index (χ0n) is 11.0. The summed E-state index contributed by atoms with van der Waals surface area (Å²) >= 11 is 0. The minimum atomic E-state index is 0.819. The molecule has 0 bridgehead atoms. The first-order chi connectivity index (χ1) is 7.75. The molecule has 2 fully saturated rings. The Labute approximate surface area is 101 Å². The monoisotopic (exact) mass is 224 g/mol. The zero-order chi connectivity index (χ0) is 11.4. The van der Waals surface area contributed by atoms with Gasteiger partial charge in [-0.15, -0.1) is 0 Å². The van der Waals surface area contributed by atoms with Crippen LogP contribution in [0, 0.1) is 0 Å². The summed E-state index contributed by atoms with van der Waals surface area (Å²) in [6.07, 6.45) is 12.8. The van der Waals surface area contributed by atoms with Crippen LogP contribution in [-0.2, 0) is 0 Å². The average molecular weight is 224 g/mol. The fourth-order valence-corrected chi connectivity index (χ4v) is 3.36. The molecule has 0 aromatic carbocycles. The number of hydrogen-bond donors (Lipinski definition) is 1. The van der Waals surface area contributed by atoms with Crippen molar-refractivity contribution < 1.29 is 0 Å². The van der Waals surface area contributed by atoms with Crippen LogP contribution in [0.4, 0.5) is 0 Å². The summed E-state index contributed by atoms with van der Waals surface area (Å²) in [6.45, 7) is 0. The minimum absolute atomic E-state index is 0.819. The predicted molar refractivity (Wildman–Crippen MR) is 69.7 cm³/mol. The predicted octanol–water partition coefficient (Wildman–Crippen LogP) is 2.78. The summed E-state index contributed by atoms with van der Waals surface area (Å²) < 4.78 is 0. The Hall–Kier alpha value is -0.0800. The van der Waals surface area contributed by atoms with E-state index in [2.05, 4.69) is 24.3 Å². The third-order valence-corrected chi connectivity index (χ3v) is 4.50. The van der Waals surface area contributed by atoms with Crippen LogP contribution in [0.15, 0.2) is 0 Å². The molecule has 0 atom stereocenters. The van der Waals surface area contributed by atoms with Gasteiger partial charge < -0.3 is 10.2 Å². The van der Waals surface area contributed by atoms with Gasteiger partial charge in [-0.3, -0.25) is 0 Å². The lowest BCUT2D eigenvalue weighted by molar-refractivity contribution is 0.192. The molecule has 2 aliphatic carbocycles. The van der Waals surface area contributed by atoms with E-state index in [1.165, 1.54) is 57.8 Å². The van der Waals surface area contributed by atoms with E-state index < -0.39 is 0 Å². The van der Waals surface area contributed by atoms with Crippen molar-refractivity contribution in [1.29, 1.82) is 0 Å². The molecule has 16 heavy (non-hydrogen) atoms. The normalized spacial score (nSPS) is 33.2. The highest BCUT2D eigenvalue weighted by atomic mass is 15.1. The minimum Gasteiger partial charge on any atom is -0.311 e. The second-order valence-corrected chi connectivity index (χ2v) is 5.97. The maximum absolute atomic E-state index is 3.90. The van der Waals surface area contributed by atoms with Crippen molar-refractivity contribution in [3.05, 3.63) is 0 Å². The number of hydrogen-bond acceptors (Lipinski definition) is 2. The molecule has 0 aliphatic heterocycles. The quantitative estimate of drug-likeness (QED) is 0.793. The van der Waals surface area contributed by atoms with Gasteiger partial charge in [0.15, 0.2) is 0 Å². The summed E-state index contributed by atoms with van der Waals surface area (Å²) in [5, 5.41) is 3.90. The Balaban J connectivity index is 1.68. The molecule has 2 heteroatoms. The molecule has 1 N–H and O–H groups in total. The van der Waals surface area contributed by atoms with Crippen molar-refractivity contribution >= 4 is 0 Å².